The van der Waals surface area contributed by atoms with Gasteiger partial charge in [0.1, 0.15) is 0 Å². The van der Waals surface area contributed by atoms with Gasteiger partial charge in [-0.3, -0.25) is 0 Å². The monoisotopic (exact) mass is 296 g/mol. The van der Waals surface area contributed by atoms with Gasteiger partial charge in [0.05, 0.1) is 0 Å². The summed E-state index contributed by atoms with van der Waals surface area (Å²) >= 11 is 3.55. The summed E-state index contributed by atoms with van der Waals surface area (Å²) in [6.45, 7) is 5.55. The van der Waals surface area contributed by atoms with Gasteiger partial charge < -0.3 is 10.6 Å². The fourth-order valence-electron chi connectivity index (χ4n) is 2.64. The Morgan fingerprint density at radius 3 is 2.88 bits per heavy atom. The molecule has 3 heteroatoms. The van der Waals surface area contributed by atoms with Crippen molar-refractivity contribution < 1.29 is 0 Å². The third-order valence-corrected chi connectivity index (χ3v) is 3.94. The van der Waals surface area contributed by atoms with Crippen molar-refractivity contribution in [2.24, 2.45) is 5.73 Å². The number of anilines is 1. The van der Waals surface area contributed by atoms with E-state index < -0.39 is 0 Å². The van der Waals surface area contributed by atoms with Gasteiger partial charge in [-0.25, -0.2) is 0 Å². The standard InChI is InChI=1S/C14H21BrN2/c1-10(16)8-12-9-13(15)5-6-14(12)17-7-3-4-11(17)2/h5-6,9-11H,3-4,7-8,16H2,1-2H3. The largest absolute Gasteiger partial charge is 0.369 e. The van der Waals surface area contributed by atoms with E-state index in [0.29, 0.717) is 6.04 Å². The lowest BCUT2D eigenvalue weighted by atomic mass is 10.0. The van der Waals surface area contributed by atoms with Gasteiger partial charge in [-0.2, -0.15) is 0 Å². The van der Waals surface area contributed by atoms with Crippen LogP contribution in [0, 0.1) is 0 Å². The Morgan fingerprint density at radius 2 is 2.29 bits per heavy atom. The second kappa shape index (κ2) is 5.40. The SMILES string of the molecule is CC(N)Cc1cc(Br)ccc1N1CCCC1C. The summed E-state index contributed by atoms with van der Waals surface area (Å²) in [4.78, 5) is 2.52. The molecule has 0 spiro atoms. The molecule has 1 aromatic carbocycles. The lowest BCUT2D eigenvalue weighted by molar-refractivity contribution is 0.711. The van der Waals surface area contributed by atoms with Crippen LogP contribution in [0.4, 0.5) is 5.69 Å². The zero-order chi connectivity index (χ0) is 12.4. The highest BCUT2D eigenvalue weighted by atomic mass is 79.9. The molecule has 2 atom stereocenters. The first-order valence-electron chi connectivity index (χ1n) is 6.38. The highest BCUT2D eigenvalue weighted by Crippen LogP contribution is 2.31. The zero-order valence-corrected chi connectivity index (χ0v) is 12.2. The van der Waals surface area contributed by atoms with Gasteiger partial charge in [-0.15, -0.1) is 0 Å². The van der Waals surface area contributed by atoms with E-state index >= 15 is 0 Å². The van der Waals surface area contributed by atoms with E-state index in [1.807, 2.05) is 0 Å². The molecule has 0 saturated carbocycles. The van der Waals surface area contributed by atoms with E-state index in [1.165, 1.54) is 30.6 Å². The maximum Gasteiger partial charge on any atom is 0.0402 e. The molecule has 1 heterocycles. The minimum absolute atomic E-state index is 0.209. The summed E-state index contributed by atoms with van der Waals surface area (Å²) in [5.41, 5.74) is 8.68. The lowest BCUT2D eigenvalue weighted by Gasteiger charge is -2.27. The Morgan fingerprint density at radius 1 is 1.53 bits per heavy atom. The van der Waals surface area contributed by atoms with Crippen LogP contribution in [0.25, 0.3) is 0 Å². The number of hydrogen-bond donors (Lipinski definition) is 1. The van der Waals surface area contributed by atoms with Gasteiger partial charge in [0.15, 0.2) is 0 Å². The van der Waals surface area contributed by atoms with Crippen LogP contribution in [0.1, 0.15) is 32.3 Å². The molecular formula is C14H21BrN2. The van der Waals surface area contributed by atoms with Crippen molar-refractivity contribution in [3.63, 3.8) is 0 Å². The number of nitrogens with two attached hydrogens (primary N) is 1. The predicted octanol–water partition coefficient (Wildman–Crippen LogP) is 3.33. The third-order valence-electron chi connectivity index (χ3n) is 3.45. The summed E-state index contributed by atoms with van der Waals surface area (Å²) in [6, 6.07) is 7.43. The molecule has 2 N–H and O–H groups in total. The van der Waals surface area contributed by atoms with E-state index in [-0.39, 0.29) is 6.04 Å². The maximum absolute atomic E-state index is 5.94. The van der Waals surface area contributed by atoms with E-state index in [0.717, 1.165) is 10.9 Å². The number of nitrogens with zero attached hydrogens (tertiary/aromatic N) is 1. The second-order valence-electron chi connectivity index (χ2n) is 5.14. The molecule has 2 nitrogen and oxygen atoms in total. The molecule has 17 heavy (non-hydrogen) atoms. The molecule has 2 rings (SSSR count). The average molecular weight is 297 g/mol. The predicted molar refractivity (Wildman–Crippen MR) is 77.5 cm³/mol. The summed E-state index contributed by atoms with van der Waals surface area (Å²) < 4.78 is 1.14. The van der Waals surface area contributed by atoms with Crippen LogP contribution in [0.15, 0.2) is 22.7 Å². The fourth-order valence-corrected chi connectivity index (χ4v) is 3.04. The molecule has 0 amide bonds. The Balaban J connectivity index is 2.31. The van der Waals surface area contributed by atoms with Crippen LogP contribution < -0.4 is 10.6 Å². The highest BCUT2D eigenvalue weighted by molar-refractivity contribution is 9.10. The van der Waals surface area contributed by atoms with E-state index in [2.05, 4.69) is 52.9 Å². The second-order valence-corrected chi connectivity index (χ2v) is 6.05. The Bertz CT molecular complexity index is 390. The summed E-state index contributed by atoms with van der Waals surface area (Å²) in [7, 11) is 0. The van der Waals surface area contributed by atoms with Crippen LogP contribution in [0.5, 0.6) is 0 Å². The molecule has 2 unspecified atom stereocenters. The van der Waals surface area contributed by atoms with Crippen molar-refractivity contribution in [1.82, 2.24) is 0 Å². The van der Waals surface area contributed by atoms with Gasteiger partial charge in [0.25, 0.3) is 0 Å². The van der Waals surface area contributed by atoms with Gasteiger partial charge in [-0.1, -0.05) is 15.9 Å². The van der Waals surface area contributed by atoms with Gasteiger partial charge >= 0.3 is 0 Å². The molecule has 0 aromatic heterocycles. The minimum Gasteiger partial charge on any atom is -0.369 e. The van der Waals surface area contributed by atoms with Crippen molar-refractivity contribution in [2.75, 3.05) is 11.4 Å². The first-order chi connectivity index (χ1) is 8.08. The van der Waals surface area contributed by atoms with E-state index in [9.17, 15) is 0 Å². The summed E-state index contributed by atoms with van der Waals surface area (Å²) in [5.74, 6) is 0. The Labute approximate surface area is 112 Å². The number of rotatable bonds is 3. The molecule has 0 radical (unpaired) electrons. The van der Waals surface area contributed by atoms with Crippen LogP contribution in [0.3, 0.4) is 0 Å². The van der Waals surface area contributed by atoms with Crippen LogP contribution in [-0.2, 0) is 6.42 Å². The number of hydrogen-bond acceptors (Lipinski definition) is 2. The fraction of sp³-hybridized carbons (Fsp3) is 0.571. The number of halogens is 1. The Hall–Kier alpha value is -0.540. The van der Waals surface area contributed by atoms with Crippen molar-refractivity contribution in [3.8, 4) is 0 Å². The van der Waals surface area contributed by atoms with Crippen LogP contribution in [0.2, 0.25) is 0 Å². The molecule has 1 aromatic rings. The minimum atomic E-state index is 0.209. The molecule has 94 valence electrons. The summed E-state index contributed by atoms with van der Waals surface area (Å²) in [6.07, 6.45) is 3.54. The van der Waals surface area contributed by atoms with E-state index in [1.54, 1.807) is 0 Å². The smallest absolute Gasteiger partial charge is 0.0402 e. The first-order valence-corrected chi connectivity index (χ1v) is 7.18. The van der Waals surface area contributed by atoms with Crippen LogP contribution >= 0.6 is 15.9 Å². The summed E-state index contributed by atoms with van der Waals surface area (Å²) in [5, 5.41) is 0. The lowest BCUT2D eigenvalue weighted by Crippen LogP contribution is -2.28. The molecule has 1 aliphatic heterocycles. The van der Waals surface area contributed by atoms with Crippen molar-refractivity contribution in [1.29, 1.82) is 0 Å². The third kappa shape index (κ3) is 3.02. The quantitative estimate of drug-likeness (QED) is 0.927. The molecule has 0 bridgehead atoms. The molecule has 0 aliphatic carbocycles. The van der Waals surface area contributed by atoms with Crippen molar-refractivity contribution in [2.45, 2.75) is 45.2 Å². The molecule has 1 saturated heterocycles. The zero-order valence-electron chi connectivity index (χ0n) is 10.6. The van der Waals surface area contributed by atoms with Gasteiger partial charge in [0, 0.05) is 28.8 Å². The van der Waals surface area contributed by atoms with Crippen molar-refractivity contribution in [3.05, 3.63) is 28.2 Å². The molecular weight excluding hydrogens is 276 g/mol. The van der Waals surface area contributed by atoms with E-state index in [4.69, 9.17) is 5.73 Å². The van der Waals surface area contributed by atoms with Gasteiger partial charge in [-0.05, 0) is 56.9 Å². The van der Waals surface area contributed by atoms with Gasteiger partial charge in [0.2, 0.25) is 0 Å². The molecule has 1 aliphatic rings. The highest BCUT2D eigenvalue weighted by Gasteiger charge is 2.22. The van der Waals surface area contributed by atoms with Crippen molar-refractivity contribution >= 4 is 21.6 Å². The average Bonchev–Trinajstić information content (AvgIpc) is 2.64. The molecule has 1 fully saturated rings. The normalized spacial score (nSPS) is 21.9. The first kappa shape index (κ1) is 12.9. The Kier molecular flexibility index (Phi) is 4.10. The maximum atomic E-state index is 5.94. The topological polar surface area (TPSA) is 29.3 Å². The van der Waals surface area contributed by atoms with Crippen LogP contribution in [-0.4, -0.2) is 18.6 Å². The number of benzene rings is 1.